The SMILES string of the molecule is O=Cc1cccc(N2CCN(c3ccc(Br)cc3)CC2)n1. The van der Waals surface area contributed by atoms with Gasteiger partial charge in [0.1, 0.15) is 11.5 Å². The number of benzene rings is 1. The third-order valence-corrected chi connectivity index (χ3v) is 4.20. The highest BCUT2D eigenvalue weighted by molar-refractivity contribution is 9.10. The van der Waals surface area contributed by atoms with Crippen LogP contribution in [-0.2, 0) is 0 Å². The highest BCUT2D eigenvalue weighted by Crippen LogP contribution is 2.21. The lowest BCUT2D eigenvalue weighted by Crippen LogP contribution is -2.46. The Hall–Kier alpha value is -1.88. The molecule has 0 N–H and O–H groups in total. The number of halogens is 1. The van der Waals surface area contributed by atoms with Gasteiger partial charge in [0.05, 0.1) is 0 Å². The van der Waals surface area contributed by atoms with E-state index in [2.05, 4.69) is 55.0 Å². The maximum Gasteiger partial charge on any atom is 0.168 e. The van der Waals surface area contributed by atoms with Crippen LogP contribution < -0.4 is 9.80 Å². The van der Waals surface area contributed by atoms with E-state index in [1.807, 2.05) is 12.1 Å². The van der Waals surface area contributed by atoms with Gasteiger partial charge in [-0.05, 0) is 36.4 Å². The second-order valence-corrected chi connectivity index (χ2v) is 5.90. The minimum atomic E-state index is 0.489. The summed E-state index contributed by atoms with van der Waals surface area (Å²) in [6.07, 6.45) is 0.793. The number of nitrogens with zero attached hydrogens (tertiary/aromatic N) is 3. The summed E-state index contributed by atoms with van der Waals surface area (Å²) in [6.45, 7) is 3.72. The predicted molar refractivity (Wildman–Crippen MR) is 88.2 cm³/mol. The zero-order chi connectivity index (χ0) is 14.7. The van der Waals surface area contributed by atoms with Crippen molar-refractivity contribution in [2.45, 2.75) is 0 Å². The molecule has 1 aromatic heterocycles. The Balaban J connectivity index is 1.67. The van der Waals surface area contributed by atoms with Crippen LogP contribution in [0.5, 0.6) is 0 Å². The Morgan fingerprint density at radius 1 is 0.952 bits per heavy atom. The molecule has 108 valence electrons. The molecular weight excluding hydrogens is 330 g/mol. The fourth-order valence-electron chi connectivity index (χ4n) is 2.53. The molecule has 0 atom stereocenters. The molecule has 0 radical (unpaired) electrons. The van der Waals surface area contributed by atoms with E-state index in [9.17, 15) is 4.79 Å². The summed E-state index contributed by atoms with van der Waals surface area (Å²) in [5.41, 5.74) is 1.73. The predicted octanol–water partition coefficient (Wildman–Crippen LogP) is 2.98. The van der Waals surface area contributed by atoms with Gasteiger partial charge in [-0.25, -0.2) is 4.98 Å². The molecule has 1 saturated heterocycles. The standard InChI is InChI=1S/C16H16BrN3O/c17-13-4-6-15(7-5-13)19-8-10-20(11-9-19)16-3-1-2-14(12-21)18-16/h1-7,12H,8-11H2. The van der Waals surface area contributed by atoms with E-state index in [0.717, 1.165) is 42.8 Å². The zero-order valence-corrected chi connectivity index (χ0v) is 13.2. The first-order valence-corrected chi connectivity index (χ1v) is 7.73. The molecule has 1 aliphatic rings. The van der Waals surface area contributed by atoms with Crippen LogP contribution in [0.25, 0.3) is 0 Å². The van der Waals surface area contributed by atoms with Gasteiger partial charge in [-0.15, -0.1) is 0 Å². The number of pyridine rings is 1. The number of hydrogen-bond donors (Lipinski definition) is 0. The second kappa shape index (κ2) is 6.26. The fourth-order valence-corrected chi connectivity index (χ4v) is 2.79. The third-order valence-electron chi connectivity index (χ3n) is 3.67. The molecule has 0 saturated carbocycles. The molecule has 1 aromatic carbocycles. The number of piperazine rings is 1. The van der Waals surface area contributed by atoms with Gasteiger partial charge in [0.15, 0.2) is 6.29 Å². The van der Waals surface area contributed by atoms with Crippen molar-refractivity contribution in [3.8, 4) is 0 Å². The van der Waals surface area contributed by atoms with Crippen LogP contribution in [0, 0.1) is 0 Å². The Bertz CT molecular complexity index is 622. The van der Waals surface area contributed by atoms with E-state index in [4.69, 9.17) is 0 Å². The van der Waals surface area contributed by atoms with Gasteiger partial charge in [0.2, 0.25) is 0 Å². The maximum absolute atomic E-state index is 10.8. The minimum Gasteiger partial charge on any atom is -0.368 e. The number of rotatable bonds is 3. The van der Waals surface area contributed by atoms with Crippen LogP contribution >= 0.6 is 15.9 Å². The van der Waals surface area contributed by atoms with Gasteiger partial charge in [0, 0.05) is 36.3 Å². The van der Waals surface area contributed by atoms with E-state index in [-0.39, 0.29) is 0 Å². The molecule has 1 fully saturated rings. The van der Waals surface area contributed by atoms with E-state index in [1.165, 1.54) is 5.69 Å². The van der Waals surface area contributed by atoms with Crippen LogP contribution in [0.15, 0.2) is 46.9 Å². The molecule has 2 aromatic rings. The third kappa shape index (κ3) is 3.24. The van der Waals surface area contributed by atoms with Gasteiger partial charge in [-0.3, -0.25) is 4.79 Å². The summed E-state index contributed by atoms with van der Waals surface area (Å²) >= 11 is 3.46. The molecule has 3 rings (SSSR count). The van der Waals surface area contributed by atoms with Crippen LogP contribution in [-0.4, -0.2) is 37.4 Å². The average Bonchev–Trinajstić information content (AvgIpc) is 2.56. The number of hydrogen-bond acceptors (Lipinski definition) is 4. The molecule has 2 heterocycles. The molecule has 0 amide bonds. The summed E-state index contributed by atoms with van der Waals surface area (Å²) in [5.74, 6) is 0.884. The van der Waals surface area contributed by atoms with Gasteiger partial charge < -0.3 is 9.80 Å². The van der Waals surface area contributed by atoms with Crippen molar-refractivity contribution in [2.75, 3.05) is 36.0 Å². The van der Waals surface area contributed by atoms with E-state index in [0.29, 0.717) is 5.69 Å². The summed E-state index contributed by atoms with van der Waals surface area (Å²) in [6, 6.07) is 14.0. The molecule has 5 heteroatoms. The summed E-state index contributed by atoms with van der Waals surface area (Å²) in [5, 5.41) is 0. The first kappa shape index (κ1) is 14.1. The van der Waals surface area contributed by atoms with E-state index < -0.39 is 0 Å². The fraction of sp³-hybridized carbons (Fsp3) is 0.250. The highest BCUT2D eigenvalue weighted by atomic mass is 79.9. The number of aldehydes is 1. The normalized spacial score (nSPS) is 15.1. The van der Waals surface area contributed by atoms with Gasteiger partial charge in [-0.2, -0.15) is 0 Å². The van der Waals surface area contributed by atoms with Crippen molar-refractivity contribution in [1.29, 1.82) is 0 Å². The lowest BCUT2D eigenvalue weighted by molar-refractivity contribution is 0.111. The first-order chi connectivity index (χ1) is 10.3. The Morgan fingerprint density at radius 3 is 2.29 bits per heavy atom. The largest absolute Gasteiger partial charge is 0.368 e. The molecule has 0 spiro atoms. The van der Waals surface area contributed by atoms with Crippen molar-refractivity contribution in [2.24, 2.45) is 0 Å². The smallest absolute Gasteiger partial charge is 0.168 e. The quantitative estimate of drug-likeness (QED) is 0.801. The van der Waals surface area contributed by atoms with E-state index in [1.54, 1.807) is 6.07 Å². The molecule has 1 aliphatic heterocycles. The lowest BCUT2D eigenvalue weighted by atomic mass is 10.2. The van der Waals surface area contributed by atoms with Crippen molar-refractivity contribution < 1.29 is 4.79 Å². The van der Waals surface area contributed by atoms with Crippen molar-refractivity contribution in [3.05, 3.63) is 52.6 Å². The van der Waals surface area contributed by atoms with Crippen molar-refractivity contribution in [3.63, 3.8) is 0 Å². The first-order valence-electron chi connectivity index (χ1n) is 6.94. The average molecular weight is 346 g/mol. The number of anilines is 2. The van der Waals surface area contributed by atoms with Gasteiger partial charge in [-0.1, -0.05) is 22.0 Å². The monoisotopic (exact) mass is 345 g/mol. The zero-order valence-electron chi connectivity index (χ0n) is 11.6. The van der Waals surface area contributed by atoms with Crippen LogP contribution in [0.3, 0.4) is 0 Å². The Morgan fingerprint density at radius 2 is 1.62 bits per heavy atom. The summed E-state index contributed by atoms with van der Waals surface area (Å²) in [7, 11) is 0. The molecule has 4 nitrogen and oxygen atoms in total. The Kier molecular flexibility index (Phi) is 4.20. The van der Waals surface area contributed by atoms with Crippen LogP contribution in [0.4, 0.5) is 11.5 Å². The number of carbonyl (C=O) groups excluding carboxylic acids is 1. The summed E-state index contributed by atoms with van der Waals surface area (Å²) < 4.78 is 1.10. The second-order valence-electron chi connectivity index (χ2n) is 4.99. The summed E-state index contributed by atoms with van der Waals surface area (Å²) in [4.78, 5) is 19.8. The van der Waals surface area contributed by atoms with Crippen LogP contribution in [0.1, 0.15) is 10.5 Å². The molecule has 0 bridgehead atoms. The maximum atomic E-state index is 10.8. The van der Waals surface area contributed by atoms with Crippen molar-refractivity contribution >= 4 is 33.7 Å². The lowest BCUT2D eigenvalue weighted by Gasteiger charge is -2.36. The van der Waals surface area contributed by atoms with Crippen molar-refractivity contribution in [1.82, 2.24) is 4.98 Å². The van der Waals surface area contributed by atoms with E-state index >= 15 is 0 Å². The molecule has 0 unspecified atom stereocenters. The highest BCUT2D eigenvalue weighted by Gasteiger charge is 2.18. The molecule has 21 heavy (non-hydrogen) atoms. The van der Waals surface area contributed by atoms with Crippen LogP contribution in [0.2, 0.25) is 0 Å². The van der Waals surface area contributed by atoms with Gasteiger partial charge in [0.25, 0.3) is 0 Å². The topological polar surface area (TPSA) is 36.4 Å². The number of carbonyl (C=O) groups is 1. The molecular formula is C16H16BrN3O. The van der Waals surface area contributed by atoms with Gasteiger partial charge >= 0.3 is 0 Å². The molecule has 0 aliphatic carbocycles. The minimum absolute atomic E-state index is 0.489. The Labute approximate surface area is 132 Å². The number of aromatic nitrogens is 1.